The van der Waals surface area contributed by atoms with Crippen LogP contribution in [0.3, 0.4) is 0 Å². The maximum Gasteiger partial charge on any atom is 0.338 e. The number of benzene rings is 1. The minimum absolute atomic E-state index is 0.285. The Morgan fingerprint density at radius 1 is 1.50 bits per heavy atom. The topological polar surface area (TPSA) is 35.5 Å². The van der Waals surface area contributed by atoms with Crippen LogP contribution in [0.1, 0.15) is 22.3 Å². The predicted octanol–water partition coefficient (Wildman–Crippen LogP) is 1.80. The Hall–Kier alpha value is -1.51. The van der Waals surface area contributed by atoms with Gasteiger partial charge in [-0.1, -0.05) is 6.07 Å². The quantitative estimate of drug-likeness (QED) is 0.636. The number of esters is 1. The number of rotatable bonds is 1. The molecule has 74 valence electrons. The van der Waals surface area contributed by atoms with E-state index in [0.29, 0.717) is 5.56 Å². The van der Waals surface area contributed by atoms with E-state index in [1.807, 2.05) is 12.1 Å². The first-order chi connectivity index (χ1) is 6.83. The zero-order valence-electron chi connectivity index (χ0n) is 8.08. The molecule has 3 nitrogen and oxygen atoms in total. The largest absolute Gasteiger partial charge is 0.493 e. The minimum atomic E-state index is -0.285. The molecule has 1 aliphatic rings. The van der Waals surface area contributed by atoms with Gasteiger partial charge in [0, 0.05) is 5.56 Å². The third kappa shape index (κ3) is 1.45. The molecule has 0 fully saturated rings. The number of carbonyl (C=O) groups excluding carboxylic acids is 1. The second kappa shape index (κ2) is 3.70. The van der Waals surface area contributed by atoms with Crippen LogP contribution in [0.5, 0.6) is 5.75 Å². The van der Waals surface area contributed by atoms with Gasteiger partial charge in [-0.3, -0.25) is 0 Å². The Morgan fingerprint density at radius 3 is 3.14 bits per heavy atom. The number of hydrogen-bond acceptors (Lipinski definition) is 3. The first-order valence-electron chi connectivity index (χ1n) is 4.66. The highest BCUT2D eigenvalue weighted by atomic mass is 16.5. The highest BCUT2D eigenvalue weighted by Gasteiger charge is 2.18. The normalized spacial score (nSPS) is 14.1. The van der Waals surface area contributed by atoms with E-state index in [4.69, 9.17) is 9.47 Å². The first-order valence-corrected chi connectivity index (χ1v) is 4.66. The summed E-state index contributed by atoms with van der Waals surface area (Å²) in [5.74, 6) is 0.534. The molecule has 0 aliphatic carbocycles. The molecular weight excluding hydrogens is 180 g/mol. The lowest BCUT2D eigenvalue weighted by Gasteiger charge is -2.18. The predicted molar refractivity (Wildman–Crippen MR) is 51.6 cm³/mol. The van der Waals surface area contributed by atoms with Crippen LogP contribution in [0.4, 0.5) is 0 Å². The number of carbonyl (C=O) groups is 1. The molecule has 0 bridgehead atoms. The summed E-state index contributed by atoms with van der Waals surface area (Å²) < 4.78 is 10.2. The van der Waals surface area contributed by atoms with E-state index >= 15 is 0 Å². The summed E-state index contributed by atoms with van der Waals surface area (Å²) in [6.45, 7) is 0.734. The smallest absolute Gasteiger partial charge is 0.338 e. The summed E-state index contributed by atoms with van der Waals surface area (Å²) in [6, 6.07) is 5.48. The van der Waals surface area contributed by atoms with Crippen LogP contribution in [0.15, 0.2) is 18.2 Å². The zero-order chi connectivity index (χ0) is 9.97. The average molecular weight is 192 g/mol. The number of fused-ring (bicyclic) bond motifs is 1. The Balaban J connectivity index is 2.45. The number of methoxy groups -OCH3 is 1. The van der Waals surface area contributed by atoms with E-state index in [0.717, 1.165) is 30.8 Å². The molecule has 0 saturated carbocycles. The maximum atomic E-state index is 11.4. The van der Waals surface area contributed by atoms with Crippen molar-refractivity contribution in [2.24, 2.45) is 0 Å². The second-order valence-corrected chi connectivity index (χ2v) is 3.23. The van der Waals surface area contributed by atoms with Crippen molar-refractivity contribution < 1.29 is 14.3 Å². The molecule has 0 atom stereocenters. The van der Waals surface area contributed by atoms with Gasteiger partial charge in [-0.15, -0.1) is 0 Å². The average Bonchev–Trinajstić information content (AvgIpc) is 2.27. The fourth-order valence-electron chi connectivity index (χ4n) is 1.69. The third-order valence-electron chi connectivity index (χ3n) is 2.37. The van der Waals surface area contributed by atoms with E-state index < -0.39 is 0 Å². The first kappa shape index (κ1) is 9.06. The van der Waals surface area contributed by atoms with Crippen molar-refractivity contribution in [2.45, 2.75) is 12.8 Å². The van der Waals surface area contributed by atoms with Crippen LogP contribution in [0, 0.1) is 0 Å². The maximum absolute atomic E-state index is 11.4. The second-order valence-electron chi connectivity index (χ2n) is 3.23. The molecule has 0 unspecified atom stereocenters. The molecule has 0 spiro atoms. The van der Waals surface area contributed by atoms with Gasteiger partial charge >= 0.3 is 5.97 Å². The van der Waals surface area contributed by atoms with Crippen LogP contribution in [-0.4, -0.2) is 19.7 Å². The van der Waals surface area contributed by atoms with Crippen molar-refractivity contribution in [1.82, 2.24) is 0 Å². The Morgan fingerprint density at radius 2 is 2.36 bits per heavy atom. The molecule has 0 saturated heterocycles. The van der Waals surface area contributed by atoms with Gasteiger partial charge in [0.1, 0.15) is 5.75 Å². The summed E-state index contributed by atoms with van der Waals surface area (Å²) >= 11 is 0. The molecular formula is C11H12O3. The fraction of sp³-hybridized carbons (Fsp3) is 0.364. The van der Waals surface area contributed by atoms with Gasteiger partial charge in [-0.2, -0.15) is 0 Å². The molecule has 0 radical (unpaired) electrons. The van der Waals surface area contributed by atoms with Gasteiger partial charge in [-0.25, -0.2) is 4.79 Å². The molecule has 1 aromatic carbocycles. The van der Waals surface area contributed by atoms with E-state index in [2.05, 4.69) is 0 Å². The molecule has 3 heteroatoms. The molecule has 0 amide bonds. The molecule has 1 aliphatic heterocycles. The van der Waals surface area contributed by atoms with Crippen LogP contribution in [0.25, 0.3) is 0 Å². The van der Waals surface area contributed by atoms with E-state index in [-0.39, 0.29) is 5.97 Å². The standard InChI is InChI=1S/C11H12O3/c1-13-11(12)9-4-2-6-10-8(9)5-3-7-14-10/h2,4,6H,3,5,7H2,1H3. The minimum Gasteiger partial charge on any atom is -0.493 e. The molecule has 14 heavy (non-hydrogen) atoms. The Kier molecular flexibility index (Phi) is 2.39. The van der Waals surface area contributed by atoms with Crippen molar-refractivity contribution in [3.8, 4) is 5.75 Å². The van der Waals surface area contributed by atoms with Crippen molar-refractivity contribution in [1.29, 1.82) is 0 Å². The van der Waals surface area contributed by atoms with Gasteiger partial charge in [0.2, 0.25) is 0 Å². The van der Waals surface area contributed by atoms with Crippen molar-refractivity contribution in [2.75, 3.05) is 13.7 Å². The van der Waals surface area contributed by atoms with Crippen molar-refractivity contribution in [3.63, 3.8) is 0 Å². The zero-order valence-corrected chi connectivity index (χ0v) is 8.08. The van der Waals surface area contributed by atoms with Gasteiger partial charge in [0.15, 0.2) is 0 Å². The summed E-state index contributed by atoms with van der Waals surface area (Å²) in [5.41, 5.74) is 1.61. The van der Waals surface area contributed by atoms with Crippen LogP contribution >= 0.6 is 0 Å². The van der Waals surface area contributed by atoms with Gasteiger partial charge in [-0.05, 0) is 25.0 Å². The Bertz CT molecular complexity index is 358. The van der Waals surface area contributed by atoms with Crippen molar-refractivity contribution in [3.05, 3.63) is 29.3 Å². The lowest BCUT2D eigenvalue weighted by atomic mass is 10.0. The summed E-state index contributed by atoms with van der Waals surface area (Å²) in [5, 5.41) is 0. The van der Waals surface area contributed by atoms with Gasteiger partial charge < -0.3 is 9.47 Å². The van der Waals surface area contributed by atoms with Gasteiger partial charge in [0.25, 0.3) is 0 Å². The molecule has 0 N–H and O–H groups in total. The third-order valence-corrected chi connectivity index (χ3v) is 2.37. The highest BCUT2D eigenvalue weighted by Crippen LogP contribution is 2.27. The monoisotopic (exact) mass is 192 g/mol. The van der Waals surface area contributed by atoms with Gasteiger partial charge in [0.05, 0.1) is 19.3 Å². The molecule has 0 aromatic heterocycles. The van der Waals surface area contributed by atoms with E-state index in [1.165, 1.54) is 7.11 Å². The SMILES string of the molecule is COC(=O)c1cccc2c1CCCO2. The van der Waals surface area contributed by atoms with E-state index in [9.17, 15) is 4.79 Å². The summed E-state index contributed by atoms with van der Waals surface area (Å²) in [7, 11) is 1.39. The molecule has 2 rings (SSSR count). The van der Waals surface area contributed by atoms with E-state index in [1.54, 1.807) is 6.07 Å². The molecule has 1 aromatic rings. The van der Waals surface area contributed by atoms with Crippen LogP contribution in [-0.2, 0) is 11.2 Å². The Labute approximate surface area is 82.6 Å². The fourth-order valence-corrected chi connectivity index (χ4v) is 1.69. The lowest BCUT2D eigenvalue weighted by molar-refractivity contribution is 0.0598. The van der Waals surface area contributed by atoms with Crippen LogP contribution in [0.2, 0.25) is 0 Å². The number of ether oxygens (including phenoxy) is 2. The summed E-state index contributed by atoms with van der Waals surface area (Å²) in [4.78, 5) is 11.4. The van der Waals surface area contributed by atoms with Crippen LogP contribution < -0.4 is 4.74 Å². The summed E-state index contributed by atoms with van der Waals surface area (Å²) in [6.07, 6.45) is 1.85. The van der Waals surface area contributed by atoms with Crippen molar-refractivity contribution >= 4 is 5.97 Å². The lowest BCUT2D eigenvalue weighted by Crippen LogP contribution is -2.13. The molecule has 1 heterocycles. The highest BCUT2D eigenvalue weighted by molar-refractivity contribution is 5.91. The number of hydrogen-bond donors (Lipinski definition) is 0.